The van der Waals surface area contributed by atoms with Crippen molar-refractivity contribution < 1.29 is 72.2 Å². The molecule has 6 rings (SSSR count). The Balaban J connectivity index is 1.43. The lowest BCUT2D eigenvalue weighted by Crippen LogP contribution is -2.62. The summed E-state index contributed by atoms with van der Waals surface area (Å²) in [4.78, 5) is 182. The van der Waals surface area contributed by atoms with Crippen LogP contribution in [0.15, 0.2) is 53.8 Å². The fourth-order valence-corrected chi connectivity index (χ4v) is 14.3. The number of fused-ring (bicyclic) bond motifs is 7. The Morgan fingerprint density at radius 1 is 0.676 bits per heavy atom. The molecule has 4 bridgehead atoms. The van der Waals surface area contributed by atoms with Gasteiger partial charge in [0.25, 0.3) is 5.91 Å². The van der Waals surface area contributed by atoms with Crippen LogP contribution in [0.1, 0.15) is 154 Å². The predicted molar refractivity (Wildman–Crippen MR) is 399 cm³/mol. The zero-order valence-electron chi connectivity index (χ0n) is 60.6. The SMILES string of the molecule is CCCC[C@@H]1NC(=O)[C@@H]2CCCN2C(=O)[C@@H]2CSCc3cc(cc(c3)OCCCCCCO/N=C/C(=O)N[C@@H](CCCNC(=N)N)C(=O)N2)CSC[C@@H](C(N)=O)NC(=O)[C@H](CCCCN)NC(=O)C(C(C)C)NC(=O)[C@H](Cc2c[nH]c3ccccc23)NC(=O)[C@H]([C@@H](C)CC)NC(=O)[C@H](CC(=O)O)NC1=O. The Labute approximate surface area is 620 Å². The van der Waals surface area contributed by atoms with E-state index in [2.05, 4.69) is 63.3 Å². The van der Waals surface area contributed by atoms with Gasteiger partial charge in [0.2, 0.25) is 59.1 Å². The number of ether oxygens (including phenoxy) is 1. The fraction of sp³-hybridized carbons (Fsp3) is 0.606. The van der Waals surface area contributed by atoms with Gasteiger partial charge in [-0.1, -0.05) is 83.3 Å². The minimum absolute atomic E-state index is 0.000139. The van der Waals surface area contributed by atoms with Crippen molar-refractivity contribution in [2.45, 2.75) is 216 Å². The van der Waals surface area contributed by atoms with E-state index in [0.29, 0.717) is 73.8 Å². The van der Waals surface area contributed by atoms with E-state index in [9.17, 15) is 57.8 Å². The molecule has 1 aromatic heterocycles. The standard InChI is InChI=1S/C71H107N17O15S2/c1-6-8-20-50-63(94)82-53(34-58(90)91)66(97)87-60(42(5)7-2)69(100)83-52(33-45-35-77-48-21-12-11-19-47(45)48)65(96)86-59(41(3)4)68(99)81-51(22-13-14-25-72)64(95)84-54(61(73)92)39-104-37-43-30-44-32-46(31-43)102-28-15-9-10-16-29-103-78-36-57(89)79-49(23-17-26-76-71(74)75)62(93)85-55(40-105-38-44)70(101)88-27-18-24-56(88)67(98)80-50/h11-12,19,21,30-32,35-36,41-42,49-56,59-60,77H,6-10,13-18,20,22-29,33-34,37-40,72H2,1-5H3,(H2,73,92)(H,79,89)(H,80,98)(H,81,99)(H,82,94)(H,83,100)(H,84,95)(H,85,93)(H,86,96)(H,87,97)(H,90,91)(H4,74,75,76)/b78-36+/t42-,49-,50-,51-,52-,53-,54-,55-,56-,59?,60-/m0/s1. The molecule has 32 nitrogen and oxygen atoms in total. The number of aliphatic carboxylic acids is 1. The molecule has 105 heavy (non-hydrogen) atoms. The van der Waals surface area contributed by atoms with E-state index in [1.54, 1.807) is 40.0 Å². The minimum atomic E-state index is -1.84. The third kappa shape index (κ3) is 27.7. The third-order valence-electron chi connectivity index (χ3n) is 18.3. The van der Waals surface area contributed by atoms with E-state index < -0.39 is 150 Å². The van der Waals surface area contributed by atoms with Crippen molar-refractivity contribution in [3.8, 4) is 5.75 Å². The summed E-state index contributed by atoms with van der Waals surface area (Å²) < 4.78 is 6.33. The molecule has 1 saturated heterocycles. The first-order chi connectivity index (χ1) is 50.3. The molecule has 34 heteroatoms. The number of guanidine groups is 1. The second kappa shape index (κ2) is 43.9. The number of benzene rings is 2. The second-order valence-electron chi connectivity index (χ2n) is 27.0. The van der Waals surface area contributed by atoms with E-state index in [4.69, 9.17) is 32.2 Å². The van der Waals surface area contributed by atoms with E-state index >= 15 is 4.79 Å². The van der Waals surface area contributed by atoms with Gasteiger partial charge in [-0.2, -0.15) is 23.5 Å². The van der Waals surface area contributed by atoms with Gasteiger partial charge in [0.1, 0.15) is 79.0 Å². The van der Waals surface area contributed by atoms with Gasteiger partial charge in [0, 0.05) is 59.6 Å². The predicted octanol–water partition coefficient (Wildman–Crippen LogP) is 1.44. The van der Waals surface area contributed by atoms with Crippen LogP contribution in [0.4, 0.5) is 0 Å². The number of carboxylic acid groups (broad SMARTS) is 1. The number of carbonyl (C=O) groups is 12. The quantitative estimate of drug-likeness (QED) is 0.0459. The van der Waals surface area contributed by atoms with Crippen LogP contribution >= 0.6 is 23.5 Å². The summed E-state index contributed by atoms with van der Waals surface area (Å²) >= 11 is 2.55. The van der Waals surface area contributed by atoms with Gasteiger partial charge < -0.3 is 94.9 Å². The number of carbonyl (C=O) groups excluding carboxylic acids is 11. The maximum Gasteiger partial charge on any atom is 0.305 e. The van der Waals surface area contributed by atoms with Crippen molar-refractivity contribution in [2.75, 3.05) is 44.4 Å². The van der Waals surface area contributed by atoms with Crippen molar-refractivity contribution in [1.82, 2.24) is 63.1 Å². The normalized spacial score (nSPS) is 24.8. The molecule has 2 aromatic carbocycles. The summed E-state index contributed by atoms with van der Waals surface area (Å²) in [7, 11) is 0. The second-order valence-corrected chi connectivity index (χ2v) is 29.1. The zero-order chi connectivity index (χ0) is 76.5. The molecule has 0 spiro atoms. The smallest absolute Gasteiger partial charge is 0.305 e. The van der Waals surface area contributed by atoms with Crippen molar-refractivity contribution in [3.63, 3.8) is 0 Å². The molecule has 0 radical (unpaired) electrons. The Bertz CT molecular complexity index is 3510. The highest BCUT2D eigenvalue weighted by molar-refractivity contribution is 7.98. The summed E-state index contributed by atoms with van der Waals surface area (Å²) in [6.45, 7) is 9.54. The number of H-pyrrole nitrogens is 1. The van der Waals surface area contributed by atoms with Gasteiger partial charge >= 0.3 is 5.97 Å². The third-order valence-corrected chi connectivity index (χ3v) is 20.6. The first-order valence-electron chi connectivity index (χ1n) is 36.2. The number of aromatic amines is 1. The molecular formula is C71H107N17O15S2. The largest absolute Gasteiger partial charge is 0.494 e. The first-order valence-corrected chi connectivity index (χ1v) is 38.6. The number of nitrogens with two attached hydrogens (primary N) is 3. The van der Waals surface area contributed by atoms with Crippen LogP contribution in [0.5, 0.6) is 5.75 Å². The molecule has 1 unspecified atom stereocenters. The maximum absolute atomic E-state index is 15.3. The highest BCUT2D eigenvalue weighted by Gasteiger charge is 2.42. The molecule has 3 aromatic rings. The highest BCUT2D eigenvalue weighted by Crippen LogP contribution is 2.28. The van der Waals surface area contributed by atoms with Gasteiger partial charge in [-0.3, -0.25) is 62.9 Å². The van der Waals surface area contributed by atoms with E-state index in [0.717, 1.165) is 30.2 Å². The molecule has 19 N–H and O–H groups in total. The molecule has 3 aliphatic heterocycles. The Morgan fingerprint density at radius 3 is 1.95 bits per heavy atom. The lowest BCUT2D eigenvalue weighted by Gasteiger charge is -2.31. The van der Waals surface area contributed by atoms with Crippen LogP contribution in [0.3, 0.4) is 0 Å². The average Bonchev–Trinajstić information content (AvgIpc) is 1.81. The van der Waals surface area contributed by atoms with Gasteiger partial charge in [0.05, 0.1) is 13.0 Å². The van der Waals surface area contributed by atoms with Crippen LogP contribution in [0.25, 0.3) is 10.9 Å². The number of aromatic nitrogens is 1. The Kier molecular flexibility index (Phi) is 35.5. The average molecular weight is 1500 g/mol. The number of hydrogen-bond donors (Lipinski definition) is 16. The van der Waals surface area contributed by atoms with Gasteiger partial charge in [-0.25, -0.2) is 0 Å². The summed E-state index contributed by atoms with van der Waals surface area (Å²) in [5.74, 6) is -11.3. The number of hydrogen-bond acceptors (Lipinski definition) is 19. The molecule has 3 aliphatic rings. The molecule has 0 saturated carbocycles. The van der Waals surface area contributed by atoms with E-state index in [1.165, 1.54) is 28.4 Å². The van der Waals surface area contributed by atoms with Crippen LogP contribution in [0.2, 0.25) is 0 Å². The molecule has 1 fully saturated rings. The topological polar surface area (TPSA) is 497 Å². The van der Waals surface area contributed by atoms with E-state index in [1.807, 2.05) is 43.3 Å². The fourth-order valence-electron chi connectivity index (χ4n) is 12.3. The summed E-state index contributed by atoms with van der Waals surface area (Å²) in [6, 6.07) is -1.02. The molecule has 4 heterocycles. The van der Waals surface area contributed by atoms with Crippen LogP contribution in [-0.2, 0) is 80.3 Å². The number of nitrogens with one attached hydrogen (secondary N) is 12. The summed E-state index contributed by atoms with van der Waals surface area (Å²) in [5, 5.41) is 49.6. The van der Waals surface area contributed by atoms with Crippen LogP contribution in [-0.4, -0.2) is 203 Å². The van der Waals surface area contributed by atoms with Gasteiger partial charge in [0.15, 0.2) is 5.96 Å². The van der Waals surface area contributed by atoms with Crippen molar-refractivity contribution >= 4 is 118 Å². The highest BCUT2D eigenvalue weighted by atomic mass is 32.2. The number of unbranched alkanes of at least 4 members (excludes halogenated alkanes) is 2. The Hall–Kier alpha value is -9.18. The van der Waals surface area contributed by atoms with Crippen LogP contribution in [0, 0.1) is 17.2 Å². The lowest BCUT2D eigenvalue weighted by atomic mass is 9.96. The number of oxime groups is 1. The van der Waals surface area contributed by atoms with Gasteiger partial charge in [-0.15, -0.1) is 0 Å². The maximum atomic E-state index is 15.3. The number of rotatable bonds is 19. The van der Waals surface area contributed by atoms with Crippen molar-refractivity contribution in [3.05, 3.63) is 65.4 Å². The number of thioether (sulfide) groups is 2. The van der Waals surface area contributed by atoms with Gasteiger partial charge in [-0.05, 0) is 130 Å². The molecule has 0 aliphatic carbocycles. The molecular weight excluding hydrogens is 1400 g/mol. The number of para-hydroxylation sites is 1. The first kappa shape index (κ1) is 84.8. The molecule has 578 valence electrons. The van der Waals surface area contributed by atoms with Crippen molar-refractivity contribution in [1.29, 1.82) is 5.41 Å². The van der Waals surface area contributed by atoms with Crippen LogP contribution < -0.4 is 75.1 Å². The Morgan fingerprint density at radius 2 is 1.28 bits per heavy atom. The van der Waals surface area contributed by atoms with Crippen molar-refractivity contribution in [2.24, 2.45) is 34.2 Å². The molecule has 11 atom stereocenters. The number of primary amides is 1. The molecule has 11 amide bonds. The summed E-state index contributed by atoms with van der Waals surface area (Å²) in [5.41, 5.74) is 20.2. The number of carboxylic acids is 1. The minimum Gasteiger partial charge on any atom is -0.494 e. The number of amides is 11. The summed E-state index contributed by atoms with van der Waals surface area (Å²) in [6.07, 6.45) is 6.92. The lowest BCUT2D eigenvalue weighted by molar-refractivity contribution is -0.143. The monoisotopic (exact) mass is 1500 g/mol. The van der Waals surface area contributed by atoms with E-state index in [-0.39, 0.29) is 100 Å². The number of nitrogens with zero attached hydrogens (tertiary/aromatic N) is 2. The zero-order valence-corrected chi connectivity index (χ0v) is 62.2.